The molecule has 0 saturated carbocycles. The molecule has 3 nitrogen and oxygen atoms in total. The Morgan fingerprint density at radius 1 is 1.28 bits per heavy atom. The van der Waals surface area contributed by atoms with Crippen molar-refractivity contribution in [3.05, 3.63) is 35.6 Å². The zero-order valence-corrected chi connectivity index (χ0v) is 10.2. The maximum Gasteiger partial charge on any atom is 0.201 e. The molecule has 1 saturated heterocycles. The zero-order valence-electron chi connectivity index (χ0n) is 10.2. The van der Waals surface area contributed by atoms with Gasteiger partial charge in [0.1, 0.15) is 11.9 Å². The van der Waals surface area contributed by atoms with Crippen molar-refractivity contribution in [1.82, 2.24) is 5.32 Å². The molecule has 0 aliphatic carbocycles. The summed E-state index contributed by atoms with van der Waals surface area (Å²) in [7, 11) is 0. The molecule has 4 heteroatoms. The highest BCUT2D eigenvalue weighted by Crippen LogP contribution is 2.27. The Hall–Kier alpha value is -1.42. The van der Waals surface area contributed by atoms with Gasteiger partial charge in [0.2, 0.25) is 5.90 Å². The van der Waals surface area contributed by atoms with Crippen LogP contribution in [-0.4, -0.2) is 25.0 Å². The van der Waals surface area contributed by atoms with Crippen LogP contribution in [0.1, 0.15) is 30.9 Å². The van der Waals surface area contributed by atoms with E-state index >= 15 is 0 Å². The number of nitrogens with zero attached hydrogens (tertiary/aromatic N) is 1. The number of aliphatic imine (C=N–C) groups is 1. The molecule has 3 rings (SSSR count). The largest absolute Gasteiger partial charge is 0.470 e. The van der Waals surface area contributed by atoms with Crippen LogP contribution in [0.5, 0.6) is 0 Å². The molecule has 1 aromatic rings. The Morgan fingerprint density at radius 2 is 2.17 bits per heavy atom. The van der Waals surface area contributed by atoms with Crippen molar-refractivity contribution < 1.29 is 9.13 Å². The minimum Gasteiger partial charge on any atom is -0.470 e. The number of rotatable bonds is 2. The SMILES string of the molecule is Fc1ccccc1C1CN=C(C2CCCCN2)O1. The van der Waals surface area contributed by atoms with Crippen LogP contribution >= 0.6 is 0 Å². The first kappa shape index (κ1) is 11.7. The Labute approximate surface area is 106 Å². The lowest BCUT2D eigenvalue weighted by molar-refractivity contribution is 0.208. The quantitative estimate of drug-likeness (QED) is 0.872. The molecule has 18 heavy (non-hydrogen) atoms. The molecule has 0 amide bonds. The second-order valence-corrected chi connectivity index (χ2v) is 4.81. The fraction of sp³-hybridized carbons (Fsp3) is 0.500. The van der Waals surface area contributed by atoms with E-state index in [1.165, 1.54) is 18.9 Å². The second kappa shape index (κ2) is 5.06. The lowest BCUT2D eigenvalue weighted by Crippen LogP contribution is -2.40. The molecule has 0 spiro atoms. The summed E-state index contributed by atoms with van der Waals surface area (Å²) in [5.41, 5.74) is 0.604. The van der Waals surface area contributed by atoms with Crippen LogP contribution in [0.3, 0.4) is 0 Å². The smallest absolute Gasteiger partial charge is 0.201 e. The van der Waals surface area contributed by atoms with Crippen LogP contribution in [0.15, 0.2) is 29.3 Å². The van der Waals surface area contributed by atoms with Crippen LogP contribution in [0.2, 0.25) is 0 Å². The lowest BCUT2D eigenvalue weighted by Gasteiger charge is -2.23. The third-order valence-corrected chi connectivity index (χ3v) is 3.54. The molecule has 96 valence electrons. The molecule has 0 bridgehead atoms. The van der Waals surface area contributed by atoms with Crippen LogP contribution in [0.25, 0.3) is 0 Å². The normalized spacial score (nSPS) is 27.7. The molecular formula is C14H17FN2O. The number of hydrogen-bond donors (Lipinski definition) is 1. The molecule has 1 fully saturated rings. The fourth-order valence-corrected chi connectivity index (χ4v) is 2.55. The van der Waals surface area contributed by atoms with Gasteiger partial charge in [-0.3, -0.25) is 0 Å². The number of benzene rings is 1. The summed E-state index contributed by atoms with van der Waals surface area (Å²) in [6, 6.07) is 6.98. The summed E-state index contributed by atoms with van der Waals surface area (Å²) in [4.78, 5) is 4.42. The third kappa shape index (κ3) is 2.25. The van der Waals surface area contributed by atoms with Gasteiger partial charge in [-0.1, -0.05) is 24.6 Å². The number of ether oxygens (including phenoxy) is 1. The van der Waals surface area contributed by atoms with Gasteiger partial charge < -0.3 is 10.1 Å². The summed E-state index contributed by atoms with van der Waals surface area (Å²) in [6.07, 6.45) is 3.21. The van der Waals surface area contributed by atoms with Crippen molar-refractivity contribution in [2.75, 3.05) is 13.1 Å². The van der Waals surface area contributed by atoms with Gasteiger partial charge in [0.25, 0.3) is 0 Å². The van der Waals surface area contributed by atoms with Gasteiger partial charge in [0.15, 0.2) is 0 Å². The average molecular weight is 248 g/mol. The first-order valence-corrected chi connectivity index (χ1v) is 6.53. The maximum absolute atomic E-state index is 13.7. The van der Waals surface area contributed by atoms with Gasteiger partial charge in [-0.05, 0) is 25.5 Å². The van der Waals surface area contributed by atoms with E-state index in [2.05, 4.69) is 10.3 Å². The van der Waals surface area contributed by atoms with Crippen molar-refractivity contribution in [1.29, 1.82) is 0 Å². The molecule has 1 N–H and O–H groups in total. The minimum atomic E-state index is -0.259. The maximum atomic E-state index is 13.7. The van der Waals surface area contributed by atoms with Crippen molar-refractivity contribution in [2.24, 2.45) is 4.99 Å². The fourth-order valence-electron chi connectivity index (χ4n) is 2.55. The van der Waals surface area contributed by atoms with Gasteiger partial charge in [0.05, 0.1) is 12.6 Å². The first-order chi connectivity index (χ1) is 8.84. The summed E-state index contributed by atoms with van der Waals surface area (Å²) >= 11 is 0. The predicted octanol–water partition coefficient (Wildman–Crippen LogP) is 2.44. The predicted molar refractivity (Wildman–Crippen MR) is 68.2 cm³/mol. The summed E-state index contributed by atoms with van der Waals surface area (Å²) in [5.74, 6) is 0.540. The zero-order chi connectivity index (χ0) is 12.4. The van der Waals surface area contributed by atoms with E-state index in [1.807, 2.05) is 6.07 Å². The number of piperidine rings is 1. The second-order valence-electron chi connectivity index (χ2n) is 4.81. The van der Waals surface area contributed by atoms with E-state index < -0.39 is 0 Å². The van der Waals surface area contributed by atoms with Gasteiger partial charge in [-0.25, -0.2) is 9.38 Å². The van der Waals surface area contributed by atoms with E-state index in [4.69, 9.17) is 4.74 Å². The molecular weight excluding hydrogens is 231 g/mol. The summed E-state index contributed by atoms with van der Waals surface area (Å²) in [6.45, 7) is 1.53. The summed E-state index contributed by atoms with van der Waals surface area (Å²) in [5, 5.41) is 3.40. The molecule has 1 aromatic carbocycles. The topological polar surface area (TPSA) is 33.6 Å². The highest BCUT2D eigenvalue weighted by molar-refractivity contribution is 5.83. The molecule has 0 radical (unpaired) electrons. The van der Waals surface area contributed by atoms with Crippen LogP contribution < -0.4 is 5.32 Å². The Bertz CT molecular complexity index is 455. The van der Waals surface area contributed by atoms with E-state index in [1.54, 1.807) is 12.1 Å². The van der Waals surface area contributed by atoms with E-state index in [0.29, 0.717) is 12.1 Å². The monoisotopic (exact) mass is 248 g/mol. The minimum absolute atomic E-state index is 0.212. The third-order valence-electron chi connectivity index (χ3n) is 3.54. The lowest BCUT2D eigenvalue weighted by atomic mass is 10.1. The number of nitrogens with one attached hydrogen (secondary N) is 1. The Balaban J connectivity index is 1.68. The van der Waals surface area contributed by atoms with E-state index in [0.717, 1.165) is 18.9 Å². The molecule has 2 atom stereocenters. The average Bonchev–Trinajstić information content (AvgIpc) is 2.90. The molecule has 0 aromatic heterocycles. The van der Waals surface area contributed by atoms with Gasteiger partial charge in [-0.15, -0.1) is 0 Å². The van der Waals surface area contributed by atoms with Crippen molar-refractivity contribution in [2.45, 2.75) is 31.4 Å². The standard InChI is InChI=1S/C14H17FN2O/c15-11-6-2-1-5-10(11)13-9-17-14(18-13)12-7-3-4-8-16-12/h1-2,5-6,12-13,16H,3-4,7-9H2. The van der Waals surface area contributed by atoms with Crippen LogP contribution in [0.4, 0.5) is 4.39 Å². The van der Waals surface area contributed by atoms with Crippen molar-refractivity contribution >= 4 is 5.90 Å². The van der Waals surface area contributed by atoms with E-state index in [9.17, 15) is 4.39 Å². The van der Waals surface area contributed by atoms with Gasteiger partial charge >= 0.3 is 0 Å². The number of hydrogen-bond acceptors (Lipinski definition) is 3. The van der Waals surface area contributed by atoms with Crippen molar-refractivity contribution in [3.63, 3.8) is 0 Å². The van der Waals surface area contributed by atoms with Gasteiger partial charge in [0, 0.05) is 5.56 Å². The Kier molecular flexibility index (Phi) is 3.28. The molecule has 2 unspecified atom stereocenters. The van der Waals surface area contributed by atoms with E-state index in [-0.39, 0.29) is 18.0 Å². The highest BCUT2D eigenvalue weighted by atomic mass is 19.1. The Morgan fingerprint density at radius 3 is 2.94 bits per heavy atom. The van der Waals surface area contributed by atoms with Crippen LogP contribution in [0, 0.1) is 5.82 Å². The van der Waals surface area contributed by atoms with Crippen molar-refractivity contribution in [3.8, 4) is 0 Å². The number of halogens is 1. The highest BCUT2D eigenvalue weighted by Gasteiger charge is 2.29. The van der Waals surface area contributed by atoms with Crippen LogP contribution in [-0.2, 0) is 4.74 Å². The van der Waals surface area contributed by atoms with Gasteiger partial charge in [-0.2, -0.15) is 0 Å². The molecule has 2 aliphatic rings. The summed E-state index contributed by atoms with van der Waals surface area (Å²) < 4.78 is 19.5. The molecule has 2 aliphatic heterocycles. The first-order valence-electron chi connectivity index (χ1n) is 6.53. The molecule has 2 heterocycles.